The average Bonchev–Trinajstić information content (AvgIpc) is 2.78. The molecule has 17 heavy (non-hydrogen) atoms. The number of nitrogens with two attached hydrogens (primary N) is 1. The lowest BCUT2D eigenvalue weighted by atomic mass is 9.72. The minimum absolute atomic E-state index is 0.217. The van der Waals surface area contributed by atoms with Gasteiger partial charge in [0.25, 0.3) is 0 Å². The molecular formula is C13H23N3O. The van der Waals surface area contributed by atoms with Crippen LogP contribution in [0.5, 0.6) is 0 Å². The Balaban J connectivity index is 2.01. The summed E-state index contributed by atoms with van der Waals surface area (Å²) >= 11 is 0. The van der Waals surface area contributed by atoms with Gasteiger partial charge >= 0.3 is 0 Å². The molecule has 0 spiro atoms. The molecule has 1 saturated carbocycles. The molecule has 2 N–H and O–H groups in total. The van der Waals surface area contributed by atoms with Crippen molar-refractivity contribution in [1.82, 2.24) is 10.1 Å². The summed E-state index contributed by atoms with van der Waals surface area (Å²) < 4.78 is 5.33. The predicted molar refractivity (Wildman–Crippen MR) is 66.6 cm³/mol. The maximum Gasteiger partial charge on any atom is 0.227 e. The van der Waals surface area contributed by atoms with Gasteiger partial charge in [-0.25, -0.2) is 0 Å². The molecule has 1 aliphatic rings. The van der Waals surface area contributed by atoms with Crippen LogP contribution in [-0.4, -0.2) is 16.7 Å². The van der Waals surface area contributed by atoms with Gasteiger partial charge in [0.15, 0.2) is 5.82 Å². The van der Waals surface area contributed by atoms with Crippen molar-refractivity contribution in [3.63, 3.8) is 0 Å². The van der Waals surface area contributed by atoms with Crippen LogP contribution in [0.25, 0.3) is 0 Å². The van der Waals surface area contributed by atoms with E-state index in [0.29, 0.717) is 0 Å². The molecule has 0 aliphatic heterocycles. The first-order chi connectivity index (χ1) is 8.28. The Morgan fingerprint density at radius 2 is 2.06 bits per heavy atom. The fourth-order valence-corrected chi connectivity index (χ4v) is 2.76. The maximum absolute atomic E-state index is 5.96. The topological polar surface area (TPSA) is 64.9 Å². The van der Waals surface area contributed by atoms with Crippen LogP contribution in [0.15, 0.2) is 4.52 Å². The quantitative estimate of drug-likeness (QED) is 0.854. The number of hydrogen-bond donors (Lipinski definition) is 1. The second-order valence-corrected chi connectivity index (χ2v) is 5.30. The minimum Gasteiger partial charge on any atom is -0.339 e. The van der Waals surface area contributed by atoms with E-state index in [1.54, 1.807) is 0 Å². The monoisotopic (exact) mass is 237 g/mol. The molecule has 1 aliphatic carbocycles. The maximum atomic E-state index is 5.96. The largest absolute Gasteiger partial charge is 0.339 e. The van der Waals surface area contributed by atoms with Gasteiger partial charge in [0, 0.05) is 12.8 Å². The molecule has 0 saturated heterocycles. The Bertz CT molecular complexity index is 342. The van der Waals surface area contributed by atoms with E-state index in [-0.39, 0.29) is 5.41 Å². The zero-order chi connectivity index (χ0) is 12.1. The van der Waals surface area contributed by atoms with Crippen LogP contribution in [0.1, 0.15) is 57.2 Å². The standard InChI is InChI=1S/C13H23N3O/c1-2-6-11-15-12(17-16-11)9-13(10-14)7-4-3-5-8-13/h2-10,14H2,1H3. The van der Waals surface area contributed by atoms with Crippen molar-refractivity contribution in [2.45, 2.75) is 58.3 Å². The van der Waals surface area contributed by atoms with Crippen LogP contribution in [0.4, 0.5) is 0 Å². The second kappa shape index (κ2) is 5.63. The lowest BCUT2D eigenvalue weighted by molar-refractivity contribution is 0.177. The van der Waals surface area contributed by atoms with Crippen molar-refractivity contribution < 1.29 is 4.52 Å². The third kappa shape index (κ3) is 3.06. The van der Waals surface area contributed by atoms with Gasteiger partial charge in [-0.05, 0) is 31.2 Å². The van der Waals surface area contributed by atoms with Crippen LogP contribution in [-0.2, 0) is 12.8 Å². The molecule has 4 nitrogen and oxygen atoms in total. The summed E-state index contributed by atoms with van der Waals surface area (Å²) in [6.07, 6.45) is 9.14. The third-order valence-corrected chi connectivity index (χ3v) is 3.86. The molecule has 1 aromatic heterocycles. The zero-order valence-electron chi connectivity index (χ0n) is 10.7. The zero-order valence-corrected chi connectivity index (χ0v) is 10.7. The van der Waals surface area contributed by atoms with Gasteiger partial charge in [-0.1, -0.05) is 31.3 Å². The summed E-state index contributed by atoms with van der Waals surface area (Å²) in [6, 6.07) is 0. The van der Waals surface area contributed by atoms with Crippen molar-refractivity contribution in [2.24, 2.45) is 11.1 Å². The number of aryl methyl sites for hydroxylation is 1. The van der Waals surface area contributed by atoms with E-state index in [9.17, 15) is 0 Å². The van der Waals surface area contributed by atoms with E-state index < -0.39 is 0 Å². The van der Waals surface area contributed by atoms with Crippen LogP contribution >= 0.6 is 0 Å². The smallest absolute Gasteiger partial charge is 0.227 e. The molecule has 0 bridgehead atoms. The van der Waals surface area contributed by atoms with Crippen LogP contribution in [0.2, 0.25) is 0 Å². The van der Waals surface area contributed by atoms with E-state index in [1.165, 1.54) is 32.1 Å². The van der Waals surface area contributed by atoms with E-state index in [2.05, 4.69) is 17.1 Å². The Kier molecular flexibility index (Phi) is 4.15. The molecule has 0 atom stereocenters. The first-order valence-electron chi connectivity index (χ1n) is 6.79. The summed E-state index contributed by atoms with van der Waals surface area (Å²) in [5.74, 6) is 1.62. The van der Waals surface area contributed by atoms with Crippen LogP contribution < -0.4 is 5.73 Å². The van der Waals surface area contributed by atoms with Crippen molar-refractivity contribution in [1.29, 1.82) is 0 Å². The second-order valence-electron chi connectivity index (χ2n) is 5.30. The SMILES string of the molecule is CCCc1noc(CC2(CN)CCCCC2)n1. The molecule has 96 valence electrons. The molecule has 1 fully saturated rings. The number of hydrogen-bond acceptors (Lipinski definition) is 4. The van der Waals surface area contributed by atoms with Crippen LogP contribution in [0, 0.1) is 5.41 Å². The summed E-state index contributed by atoms with van der Waals surface area (Å²) in [6.45, 7) is 2.86. The molecule has 1 heterocycles. The highest BCUT2D eigenvalue weighted by molar-refractivity contribution is 4.95. The molecule has 4 heteroatoms. The third-order valence-electron chi connectivity index (χ3n) is 3.86. The average molecular weight is 237 g/mol. The van der Waals surface area contributed by atoms with Crippen molar-refractivity contribution >= 4 is 0 Å². The predicted octanol–water partition coefficient (Wildman–Crippen LogP) is 2.47. The van der Waals surface area contributed by atoms with Crippen molar-refractivity contribution in [3.8, 4) is 0 Å². The van der Waals surface area contributed by atoms with Gasteiger partial charge in [0.2, 0.25) is 5.89 Å². The number of rotatable bonds is 5. The number of aromatic nitrogens is 2. The van der Waals surface area contributed by atoms with Gasteiger partial charge in [0.1, 0.15) is 0 Å². The molecule has 0 aromatic carbocycles. The number of nitrogens with zero attached hydrogens (tertiary/aromatic N) is 2. The lowest BCUT2D eigenvalue weighted by Crippen LogP contribution is -2.35. The molecule has 0 amide bonds. The van der Waals surface area contributed by atoms with Crippen molar-refractivity contribution in [3.05, 3.63) is 11.7 Å². The Labute approximate surface area is 103 Å². The highest BCUT2D eigenvalue weighted by atomic mass is 16.5. The Hall–Kier alpha value is -0.900. The molecule has 0 unspecified atom stereocenters. The fourth-order valence-electron chi connectivity index (χ4n) is 2.76. The highest BCUT2D eigenvalue weighted by Gasteiger charge is 2.32. The summed E-state index contributed by atoms with van der Waals surface area (Å²) in [5.41, 5.74) is 6.18. The van der Waals surface area contributed by atoms with Crippen LogP contribution in [0.3, 0.4) is 0 Å². The van der Waals surface area contributed by atoms with Gasteiger partial charge in [-0.15, -0.1) is 0 Å². The molecule has 1 aromatic rings. The fraction of sp³-hybridized carbons (Fsp3) is 0.846. The van der Waals surface area contributed by atoms with Gasteiger partial charge < -0.3 is 10.3 Å². The normalized spacial score (nSPS) is 19.4. The summed E-state index contributed by atoms with van der Waals surface area (Å²) in [7, 11) is 0. The van der Waals surface area contributed by atoms with E-state index in [1.807, 2.05) is 0 Å². The molecule has 2 rings (SSSR count). The van der Waals surface area contributed by atoms with E-state index in [4.69, 9.17) is 10.3 Å². The summed E-state index contributed by atoms with van der Waals surface area (Å²) in [4.78, 5) is 4.45. The summed E-state index contributed by atoms with van der Waals surface area (Å²) in [5, 5.41) is 4.01. The first-order valence-corrected chi connectivity index (χ1v) is 6.79. The lowest BCUT2D eigenvalue weighted by Gasteiger charge is -2.34. The Morgan fingerprint density at radius 3 is 2.71 bits per heavy atom. The van der Waals surface area contributed by atoms with Gasteiger partial charge in [-0.2, -0.15) is 4.98 Å². The molecule has 0 radical (unpaired) electrons. The van der Waals surface area contributed by atoms with Crippen molar-refractivity contribution in [2.75, 3.05) is 6.54 Å². The Morgan fingerprint density at radius 1 is 1.29 bits per heavy atom. The first kappa shape index (κ1) is 12.6. The molecular weight excluding hydrogens is 214 g/mol. The minimum atomic E-state index is 0.217. The van der Waals surface area contributed by atoms with E-state index >= 15 is 0 Å². The highest BCUT2D eigenvalue weighted by Crippen LogP contribution is 2.37. The van der Waals surface area contributed by atoms with Gasteiger partial charge in [-0.3, -0.25) is 0 Å². The van der Waals surface area contributed by atoms with E-state index in [0.717, 1.165) is 37.5 Å². The van der Waals surface area contributed by atoms with Gasteiger partial charge in [0.05, 0.1) is 0 Å².